The molecule has 0 saturated carbocycles. The summed E-state index contributed by atoms with van der Waals surface area (Å²) in [7, 11) is 1.63. The number of hydrogen-bond donors (Lipinski definition) is 0. The quantitative estimate of drug-likeness (QED) is 0.757. The summed E-state index contributed by atoms with van der Waals surface area (Å²) in [5.41, 5.74) is 3.67. The lowest BCUT2D eigenvalue weighted by molar-refractivity contribution is 0.104. The molecule has 0 heterocycles. The molecule has 0 aliphatic heterocycles. The summed E-state index contributed by atoms with van der Waals surface area (Å²) >= 11 is 0. The van der Waals surface area contributed by atoms with E-state index in [0.29, 0.717) is 30.4 Å². The summed E-state index contributed by atoms with van der Waals surface area (Å²) in [6, 6.07) is 13.6. The fourth-order valence-corrected chi connectivity index (χ4v) is 2.82. The van der Waals surface area contributed by atoms with Gasteiger partial charge in [-0.1, -0.05) is 44.2 Å². The minimum atomic E-state index is 0.117. The Morgan fingerprint density at radius 3 is 2.62 bits per heavy atom. The molecule has 24 heavy (non-hydrogen) atoms. The third-order valence-electron chi connectivity index (χ3n) is 4.04. The molecule has 0 N–H and O–H groups in total. The fraction of sp³-hybridized carbons (Fsp3) is 0.286. The van der Waals surface area contributed by atoms with E-state index in [0.717, 1.165) is 22.3 Å². The van der Waals surface area contributed by atoms with Gasteiger partial charge in [-0.25, -0.2) is 0 Å². The Labute approximate surface area is 142 Å². The van der Waals surface area contributed by atoms with Crippen molar-refractivity contribution in [3.05, 3.63) is 64.7 Å². The molecule has 0 bridgehead atoms. The second kappa shape index (κ2) is 6.91. The molecule has 0 amide bonds. The van der Waals surface area contributed by atoms with E-state index in [1.165, 1.54) is 0 Å². The Kier molecular flexibility index (Phi) is 4.70. The lowest BCUT2D eigenvalue weighted by Crippen LogP contribution is -2.05. The topological polar surface area (TPSA) is 35.5 Å². The molecular weight excluding hydrogens is 300 g/mol. The van der Waals surface area contributed by atoms with Crippen LogP contribution in [0.3, 0.4) is 0 Å². The van der Waals surface area contributed by atoms with Gasteiger partial charge in [0, 0.05) is 17.6 Å². The van der Waals surface area contributed by atoms with Crippen molar-refractivity contribution in [1.29, 1.82) is 0 Å². The van der Waals surface area contributed by atoms with E-state index in [4.69, 9.17) is 9.47 Å². The van der Waals surface area contributed by atoms with Crippen LogP contribution in [0, 0.1) is 5.92 Å². The van der Waals surface area contributed by atoms with E-state index in [-0.39, 0.29) is 5.78 Å². The molecule has 3 nitrogen and oxygen atoms in total. The standard InChI is InChI=1S/C21H22O3/c1-14(2)13-24-20-11-15(8-9-19(20)23-3)10-17-12-16-6-4-5-7-18(16)21(17)22/h4-11,14H,12-13H2,1-3H3/b17-10+. The Morgan fingerprint density at radius 2 is 1.92 bits per heavy atom. The summed E-state index contributed by atoms with van der Waals surface area (Å²) in [4.78, 5) is 12.5. The largest absolute Gasteiger partial charge is 0.493 e. The van der Waals surface area contributed by atoms with Crippen LogP contribution in [-0.2, 0) is 6.42 Å². The maximum atomic E-state index is 12.5. The van der Waals surface area contributed by atoms with Crippen LogP contribution in [-0.4, -0.2) is 19.5 Å². The van der Waals surface area contributed by atoms with Crippen LogP contribution >= 0.6 is 0 Å². The molecule has 0 saturated heterocycles. The van der Waals surface area contributed by atoms with Crippen molar-refractivity contribution < 1.29 is 14.3 Å². The Balaban J connectivity index is 1.88. The minimum absolute atomic E-state index is 0.117. The summed E-state index contributed by atoms with van der Waals surface area (Å²) in [5.74, 6) is 1.97. The molecule has 0 radical (unpaired) electrons. The highest BCUT2D eigenvalue weighted by Crippen LogP contribution is 2.32. The Hall–Kier alpha value is -2.55. The molecule has 0 unspecified atom stereocenters. The molecule has 124 valence electrons. The number of hydrogen-bond acceptors (Lipinski definition) is 3. The molecule has 1 aliphatic rings. The van der Waals surface area contributed by atoms with Gasteiger partial charge in [-0.15, -0.1) is 0 Å². The smallest absolute Gasteiger partial charge is 0.189 e. The van der Waals surface area contributed by atoms with Crippen LogP contribution in [0.5, 0.6) is 11.5 Å². The van der Waals surface area contributed by atoms with Crippen LogP contribution < -0.4 is 9.47 Å². The van der Waals surface area contributed by atoms with E-state index >= 15 is 0 Å². The van der Waals surface area contributed by atoms with Crippen molar-refractivity contribution in [3.8, 4) is 11.5 Å². The highest BCUT2D eigenvalue weighted by molar-refractivity contribution is 6.15. The predicted octanol–water partition coefficient (Wildman–Crippen LogP) is 4.55. The maximum Gasteiger partial charge on any atom is 0.189 e. The number of benzene rings is 2. The molecule has 3 heteroatoms. The number of carbonyl (C=O) groups is 1. The second-order valence-corrected chi connectivity index (χ2v) is 6.45. The zero-order chi connectivity index (χ0) is 17.1. The zero-order valence-corrected chi connectivity index (χ0v) is 14.3. The van der Waals surface area contributed by atoms with Crippen molar-refractivity contribution >= 4 is 11.9 Å². The van der Waals surface area contributed by atoms with Gasteiger partial charge in [0.15, 0.2) is 17.3 Å². The molecule has 2 aromatic carbocycles. The average molecular weight is 322 g/mol. The average Bonchev–Trinajstić information content (AvgIpc) is 2.89. The number of ether oxygens (including phenoxy) is 2. The number of rotatable bonds is 5. The molecular formula is C21H22O3. The molecule has 1 aliphatic carbocycles. The molecule has 2 aromatic rings. The lowest BCUT2D eigenvalue weighted by atomic mass is 10.1. The first-order valence-corrected chi connectivity index (χ1v) is 8.22. The SMILES string of the molecule is COc1ccc(/C=C2\Cc3ccccc3C2=O)cc1OCC(C)C. The van der Waals surface area contributed by atoms with Crippen LogP contribution in [0.25, 0.3) is 6.08 Å². The molecule has 0 spiro atoms. The van der Waals surface area contributed by atoms with Crippen molar-refractivity contribution in [1.82, 2.24) is 0 Å². The van der Waals surface area contributed by atoms with Crippen molar-refractivity contribution in [2.24, 2.45) is 5.92 Å². The summed E-state index contributed by atoms with van der Waals surface area (Å²) in [5, 5.41) is 0. The highest BCUT2D eigenvalue weighted by atomic mass is 16.5. The minimum Gasteiger partial charge on any atom is -0.493 e. The second-order valence-electron chi connectivity index (χ2n) is 6.45. The van der Waals surface area contributed by atoms with Gasteiger partial charge in [0.1, 0.15) is 0 Å². The van der Waals surface area contributed by atoms with Gasteiger partial charge in [-0.3, -0.25) is 4.79 Å². The number of carbonyl (C=O) groups excluding carboxylic acids is 1. The lowest BCUT2D eigenvalue weighted by Gasteiger charge is -2.13. The van der Waals surface area contributed by atoms with Gasteiger partial charge in [0.25, 0.3) is 0 Å². The first kappa shape index (κ1) is 16.3. The van der Waals surface area contributed by atoms with Gasteiger partial charge < -0.3 is 9.47 Å². The number of methoxy groups -OCH3 is 1. The Bertz CT molecular complexity index is 787. The number of allylic oxidation sites excluding steroid dienone is 1. The van der Waals surface area contributed by atoms with E-state index in [9.17, 15) is 4.79 Å². The third kappa shape index (κ3) is 3.35. The van der Waals surface area contributed by atoms with Gasteiger partial charge in [0.05, 0.1) is 13.7 Å². The van der Waals surface area contributed by atoms with E-state index in [2.05, 4.69) is 13.8 Å². The zero-order valence-electron chi connectivity index (χ0n) is 14.3. The van der Waals surface area contributed by atoms with Crippen molar-refractivity contribution in [2.75, 3.05) is 13.7 Å². The summed E-state index contributed by atoms with van der Waals surface area (Å²) < 4.78 is 11.2. The molecule has 0 aromatic heterocycles. The van der Waals surface area contributed by atoms with Gasteiger partial charge in [0.2, 0.25) is 0 Å². The van der Waals surface area contributed by atoms with Gasteiger partial charge in [-0.05, 0) is 35.3 Å². The number of ketones is 1. The first-order valence-electron chi connectivity index (χ1n) is 8.22. The van der Waals surface area contributed by atoms with E-state index in [1.54, 1.807) is 7.11 Å². The molecule has 0 atom stereocenters. The van der Waals surface area contributed by atoms with Crippen LogP contribution in [0.2, 0.25) is 0 Å². The van der Waals surface area contributed by atoms with Gasteiger partial charge in [-0.2, -0.15) is 0 Å². The van der Waals surface area contributed by atoms with Crippen LogP contribution in [0.15, 0.2) is 48.0 Å². The fourth-order valence-electron chi connectivity index (χ4n) is 2.82. The summed E-state index contributed by atoms with van der Waals surface area (Å²) in [6.07, 6.45) is 2.63. The van der Waals surface area contributed by atoms with E-state index in [1.807, 2.05) is 48.5 Å². The predicted molar refractivity (Wildman–Crippen MR) is 95.8 cm³/mol. The highest BCUT2D eigenvalue weighted by Gasteiger charge is 2.24. The third-order valence-corrected chi connectivity index (χ3v) is 4.04. The van der Waals surface area contributed by atoms with E-state index < -0.39 is 0 Å². The number of Topliss-reactive ketones (excluding diaryl/α,β-unsaturated/α-hetero) is 1. The first-order chi connectivity index (χ1) is 11.6. The Morgan fingerprint density at radius 1 is 1.12 bits per heavy atom. The number of fused-ring (bicyclic) bond motifs is 1. The van der Waals surface area contributed by atoms with Crippen LogP contribution in [0.1, 0.15) is 35.3 Å². The normalized spacial score (nSPS) is 15.0. The molecule has 3 rings (SSSR count). The van der Waals surface area contributed by atoms with Crippen LogP contribution in [0.4, 0.5) is 0 Å². The molecule has 0 fully saturated rings. The van der Waals surface area contributed by atoms with Crippen molar-refractivity contribution in [2.45, 2.75) is 20.3 Å². The van der Waals surface area contributed by atoms with Gasteiger partial charge >= 0.3 is 0 Å². The monoisotopic (exact) mass is 322 g/mol. The maximum absolute atomic E-state index is 12.5. The van der Waals surface area contributed by atoms with Crippen molar-refractivity contribution in [3.63, 3.8) is 0 Å². The summed E-state index contributed by atoms with van der Waals surface area (Å²) in [6.45, 7) is 4.83.